The average molecular weight is 391 g/mol. The van der Waals surface area contributed by atoms with E-state index in [1.54, 1.807) is 12.1 Å². The summed E-state index contributed by atoms with van der Waals surface area (Å²) in [5.74, 6) is 0.344. The van der Waals surface area contributed by atoms with Crippen LogP contribution in [0.5, 0.6) is 5.75 Å². The highest BCUT2D eigenvalue weighted by Gasteiger charge is 2.53. The van der Waals surface area contributed by atoms with Crippen molar-refractivity contribution in [1.82, 2.24) is 5.32 Å². The molecule has 1 aromatic carbocycles. The van der Waals surface area contributed by atoms with Crippen molar-refractivity contribution in [2.24, 2.45) is 23.7 Å². The smallest absolute Gasteiger partial charge is 0.414 e. The van der Waals surface area contributed by atoms with E-state index in [9.17, 15) is 10.2 Å². The van der Waals surface area contributed by atoms with Gasteiger partial charge in [0.25, 0.3) is 0 Å². The number of aliphatic hydroxyl groups excluding tert-OH is 1. The van der Waals surface area contributed by atoms with Crippen LogP contribution in [0.2, 0.25) is 0 Å². The minimum atomic E-state index is -1.82. The maximum Gasteiger partial charge on any atom is 0.414 e. The lowest BCUT2D eigenvalue weighted by atomic mass is 9.79. The summed E-state index contributed by atoms with van der Waals surface area (Å²) in [6, 6.07) is 7.55. The summed E-state index contributed by atoms with van der Waals surface area (Å²) in [5.41, 5.74) is 0.875. The Balaban J connectivity index is 0.000000330. The molecule has 1 aromatic rings. The number of aromatic hydroxyl groups is 1. The van der Waals surface area contributed by atoms with Gasteiger partial charge in [-0.25, -0.2) is 9.59 Å². The molecular weight excluding hydrogens is 362 g/mol. The Hall–Kier alpha value is -2.12. The zero-order valence-corrected chi connectivity index (χ0v) is 16.0. The normalized spacial score (nSPS) is 32.1. The van der Waals surface area contributed by atoms with Crippen molar-refractivity contribution in [3.8, 4) is 5.75 Å². The van der Waals surface area contributed by atoms with Gasteiger partial charge in [-0.2, -0.15) is 0 Å². The predicted octanol–water partition coefficient (Wildman–Crippen LogP) is 2.38. The number of fused-ring (bicyclic) bond motifs is 5. The number of carboxylic acids is 2. The fourth-order valence-corrected chi connectivity index (χ4v) is 5.65. The Morgan fingerprint density at radius 1 is 1.00 bits per heavy atom. The summed E-state index contributed by atoms with van der Waals surface area (Å²) in [6.45, 7) is 2.08. The summed E-state index contributed by atoms with van der Waals surface area (Å²) in [5, 5.41) is 38.4. The number of phenolic OH excluding ortho intramolecular Hbond substituents is 1. The lowest BCUT2D eigenvalue weighted by Crippen LogP contribution is -2.45. The van der Waals surface area contributed by atoms with Gasteiger partial charge in [0.15, 0.2) is 0 Å². The molecule has 3 aliphatic rings. The number of hydrogen-bond acceptors (Lipinski definition) is 5. The molecule has 0 saturated heterocycles. The highest BCUT2D eigenvalue weighted by atomic mass is 16.4. The summed E-state index contributed by atoms with van der Waals surface area (Å²) >= 11 is 0. The Bertz CT molecular complexity index is 693. The number of phenols is 1. The standard InChI is InChI=1S/C19H27NO2.C2H2O4/c1-11(19(22)12-5-7-14(21)8-6-12)20-18-10-13-9-17(18)16-4-2-3-15(13)16;3-1(4)2(5)6/h5-8,11,13,15-22H,2-4,9-10H2,1H3;(H,3,4)(H,5,6). The maximum absolute atomic E-state index is 10.6. The van der Waals surface area contributed by atoms with Gasteiger partial charge >= 0.3 is 11.9 Å². The van der Waals surface area contributed by atoms with Crippen molar-refractivity contribution in [1.29, 1.82) is 0 Å². The van der Waals surface area contributed by atoms with Gasteiger partial charge in [0.2, 0.25) is 0 Å². The molecule has 7 atom stereocenters. The molecule has 5 N–H and O–H groups in total. The van der Waals surface area contributed by atoms with Gasteiger partial charge in [0.05, 0.1) is 6.10 Å². The first-order valence-corrected chi connectivity index (χ1v) is 9.97. The average Bonchev–Trinajstić information content (AvgIpc) is 3.35. The molecule has 7 nitrogen and oxygen atoms in total. The fraction of sp³-hybridized carbons (Fsp3) is 0.619. The minimum absolute atomic E-state index is 0.0498. The van der Waals surface area contributed by atoms with E-state index >= 15 is 0 Å². The van der Waals surface area contributed by atoms with E-state index in [0.29, 0.717) is 6.04 Å². The SMILES string of the molecule is CC(NC1CC2CC1C1CCCC21)C(O)c1ccc(O)cc1.O=C(O)C(=O)O. The van der Waals surface area contributed by atoms with Crippen molar-refractivity contribution in [3.05, 3.63) is 29.8 Å². The van der Waals surface area contributed by atoms with E-state index in [1.807, 2.05) is 12.1 Å². The highest BCUT2D eigenvalue weighted by Crippen LogP contribution is 2.58. The van der Waals surface area contributed by atoms with Crippen LogP contribution in [0, 0.1) is 23.7 Å². The van der Waals surface area contributed by atoms with Crippen LogP contribution < -0.4 is 5.32 Å². The lowest BCUT2D eigenvalue weighted by molar-refractivity contribution is -0.159. The van der Waals surface area contributed by atoms with Crippen LogP contribution in [0.1, 0.15) is 50.7 Å². The minimum Gasteiger partial charge on any atom is -0.508 e. The Morgan fingerprint density at radius 2 is 1.61 bits per heavy atom. The van der Waals surface area contributed by atoms with Crippen LogP contribution >= 0.6 is 0 Å². The molecule has 3 saturated carbocycles. The van der Waals surface area contributed by atoms with E-state index in [0.717, 1.165) is 29.2 Å². The molecule has 154 valence electrons. The van der Waals surface area contributed by atoms with Crippen LogP contribution in [0.25, 0.3) is 0 Å². The van der Waals surface area contributed by atoms with Gasteiger partial charge in [-0.15, -0.1) is 0 Å². The molecule has 0 spiro atoms. The Labute approximate surface area is 164 Å². The van der Waals surface area contributed by atoms with Crippen molar-refractivity contribution < 1.29 is 30.0 Å². The summed E-state index contributed by atoms with van der Waals surface area (Å²) in [6.07, 6.45) is 6.52. The number of rotatable bonds is 4. The number of nitrogens with one attached hydrogen (secondary N) is 1. The number of aliphatic hydroxyl groups is 1. The van der Waals surface area contributed by atoms with E-state index in [1.165, 1.54) is 32.1 Å². The molecule has 2 bridgehead atoms. The zero-order valence-electron chi connectivity index (χ0n) is 16.0. The van der Waals surface area contributed by atoms with Gasteiger partial charge in [0, 0.05) is 12.1 Å². The molecule has 0 aromatic heterocycles. The summed E-state index contributed by atoms with van der Waals surface area (Å²) in [4.78, 5) is 18.2. The van der Waals surface area contributed by atoms with Crippen LogP contribution in [0.15, 0.2) is 24.3 Å². The molecule has 7 heteroatoms. The zero-order chi connectivity index (χ0) is 20.4. The second-order valence-electron chi connectivity index (χ2n) is 8.36. The number of carbonyl (C=O) groups is 2. The van der Waals surface area contributed by atoms with Gasteiger partial charge in [-0.1, -0.05) is 18.6 Å². The van der Waals surface area contributed by atoms with Gasteiger partial charge < -0.3 is 25.7 Å². The van der Waals surface area contributed by atoms with Gasteiger partial charge in [-0.05, 0) is 74.0 Å². The highest BCUT2D eigenvalue weighted by molar-refractivity contribution is 6.27. The second-order valence-corrected chi connectivity index (χ2v) is 8.36. The number of benzene rings is 1. The summed E-state index contributed by atoms with van der Waals surface area (Å²) < 4.78 is 0. The van der Waals surface area contributed by atoms with Gasteiger partial charge in [0.1, 0.15) is 5.75 Å². The molecule has 0 heterocycles. The molecule has 0 amide bonds. The quantitative estimate of drug-likeness (QED) is 0.499. The monoisotopic (exact) mass is 391 g/mol. The predicted molar refractivity (Wildman–Crippen MR) is 102 cm³/mol. The molecule has 4 rings (SSSR count). The lowest BCUT2D eigenvalue weighted by Gasteiger charge is -2.35. The van der Waals surface area contributed by atoms with E-state index in [4.69, 9.17) is 19.8 Å². The molecule has 7 unspecified atom stereocenters. The molecular formula is C21H29NO6. The van der Waals surface area contributed by atoms with Crippen LogP contribution in [0.4, 0.5) is 0 Å². The third-order valence-electron chi connectivity index (χ3n) is 6.80. The third-order valence-corrected chi connectivity index (χ3v) is 6.80. The Morgan fingerprint density at radius 3 is 2.21 bits per heavy atom. The second kappa shape index (κ2) is 8.49. The number of aliphatic carboxylic acids is 2. The molecule has 0 radical (unpaired) electrons. The first-order chi connectivity index (χ1) is 13.3. The van der Waals surface area contributed by atoms with Crippen molar-refractivity contribution >= 4 is 11.9 Å². The molecule has 0 aliphatic heterocycles. The third kappa shape index (κ3) is 4.31. The topological polar surface area (TPSA) is 127 Å². The van der Waals surface area contributed by atoms with Crippen molar-refractivity contribution in [3.63, 3.8) is 0 Å². The largest absolute Gasteiger partial charge is 0.508 e. The fourth-order valence-electron chi connectivity index (χ4n) is 5.65. The van der Waals surface area contributed by atoms with Crippen LogP contribution in [-0.2, 0) is 9.59 Å². The van der Waals surface area contributed by atoms with E-state index in [2.05, 4.69) is 12.2 Å². The van der Waals surface area contributed by atoms with Crippen molar-refractivity contribution in [2.75, 3.05) is 0 Å². The molecule has 28 heavy (non-hydrogen) atoms. The van der Waals surface area contributed by atoms with Crippen LogP contribution in [-0.4, -0.2) is 44.4 Å². The molecule has 3 fully saturated rings. The van der Waals surface area contributed by atoms with E-state index < -0.39 is 18.0 Å². The van der Waals surface area contributed by atoms with E-state index in [-0.39, 0.29) is 11.8 Å². The Kier molecular flexibility index (Phi) is 6.25. The molecule has 3 aliphatic carbocycles. The number of carboxylic acid groups (broad SMARTS) is 2. The summed E-state index contributed by atoms with van der Waals surface area (Å²) in [7, 11) is 0. The van der Waals surface area contributed by atoms with Crippen LogP contribution in [0.3, 0.4) is 0 Å². The first kappa shape index (κ1) is 20.6. The number of hydrogen-bond donors (Lipinski definition) is 5. The first-order valence-electron chi connectivity index (χ1n) is 9.97. The maximum atomic E-state index is 10.6. The van der Waals surface area contributed by atoms with Crippen molar-refractivity contribution in [2.45, 2.75) is 57.2 Å². The van der Waals surface area contributed by atoms with Gasteiger partial charge in [-0.3, -0.25) is 0 Å².